The van der Waals surface area contributed by atoms with E-state index < -0.39 is 0 Å². The minimum atomic E-state index is 0.337. The first-order valence-electron chi connectivity index (χ1n) is 7.85. The quantitative estimate of drug-likeness (QED) is 0.594. The zero-order valence-electron chi connectivity index (χ0n) is 12.8. The second-order valence-electron chi connectivity index (χ2n) is 6.18. The Kier molecular flexibility index (Phi) is 6.02. The van der Waals surface area contributed by atoms with Crippen molar-refractivity contribution in [2.75, 3.05) is 6.61 Å². The maximum atomic E-state index is 5.69. The fraction of sp³-hybridized carbons (Fsp3) is 0.647. The second-order valence-corrected chi connectivity index (χ2v) is 6.18. The highest BCUT2D eigenvalue weighted by atomic mass is 16.5. The van der Waals surface area contributed by atoms with Gasteiger partial charge in [0.1, 0.15) is 0 Å². The first-order valence-corrected chi connectivity index (χ1v) is 7.85. The van der Waals surface area contributed by atoms with Crippen LogP contribution in [-0.2, 0) is 11.2 Å². The molecule has 3 heteroatoms. The summed E-state index contributed by atoms with van der Waals surface area (Å²) < 4.78 is 5.67. The Labute approximate surface area is 122 Å². The van der Waals surface area contributed by atoms with Crippen LogP contribution in [-0.4, -0.2) is 18.8 Å². The summed E-state index contributed by atoms with van der Waals surface area (Å²) in [7, 11) is 0. The normalized spacial score (nSPS) is 20.5. The third-order valence-corrected chi connectivity index (χ3v) is 4.23. The van der Waals surface area contributed by atoms with E-state index in [2.05, 4.69) is 43.5 Å². The van der Waals surface area contributed by atoms with Crippen LogP contribution in [0.3, 0.4) is 0 Å². The first kappa shape index (κ1) is 15.5. The Morgan fingerprint density at radius 2 is 2.05 bits per heavy atom. The van der Waals surface area contributed by atoms with Crippen molar-refractivity contribution in [3.63, 3.8) is 0 Å². The Balaban J connectivity index is 1.82. The number of hydrazine groups is 1. The number of benzene rings is 1. The summed E-state index contributed by atoms with van der Waals surface area (Å²) in [6.45, 7) is 5.38. The van der Waals surface area contributed by atoms with E-state index in [1.165, 1.54) is 24.0 Å². The number of nitrogens with one attached hydrogen (secondary N) is 1. The topological polar surface area (TPSA) is 47.3 Å². The van der Waals surface area contributed by atoms with Gasteiger partial charge < -0.3 is 4.74 Å². The molecule has 0 spiro atoms. The summed E-state index contributed by atoms with van der Waals surface area (Å²) in [4.78, 5) is 0. The van der Waals surface area contributed by atoms with Crippen molar-refractivity contribution >= 4 is 0 Å². The summed E-state index contributed by atoms with van der Waals surface area (Å²) in [5, 5.41) is 0. The van der Waals surface area contributed by atoms with Crippen LogP contribution >= 0.6 is 0 Å². The number of ether oxygens (including phenoxy) is 1. The van der Waals surface area contributed by atoms with E-state index in [-0.39, 0.29) is 0 Å². The SMILES string of the molecule is CC(C)c1ccc(CC(CCC2CCCO2)NN)cc1. The van der Waals surface area contributed by atoms with E-state index in [4.69, 9.17) is 10.6 Å². The van der Waals surface area contributed by atoms with Crippen LogP contribution in [0.15, 0.2) is 24.3 Å². The molecule has 1 aliphatic rings. The standard InChI is InChI=1S/C17H28N2O/c1-13(2)15-7-5-14(6-8-15)12-16(19-18)9-10-17-4-3-11-20-17/h5-8,13,16-17,19H,3-4,9-12,18H2,1-2H3. The monoisotopic (exact) mass is 276 g/mol. The number of rotatable bonds is 7. The molecule has 0 bridgehead atoms. The predicted molar refractivity (Wildman–Crippen MR) is 83.6 cm³/mol. The lowest BCUT2D eigenvalue weighted by atomic mass is 9.97. The first-order chi connectivity index (χ1) is 9.69. The van der Waals surface area contributed by atoms with Crippen molar-refractivity contribution < 1.29 is 4.74 Å². The molecule has 2 rings (SSSR count). The molecular weight excluding hydrogens is 248 g/mol. The maximum absolute atomic E-state index is 5.69. The predicted octanol–water partition coefficient (Wildman–Crippen LogP) is 3.14. The molecule has 1 aromatic rings. The molecule has 0 aliphatic carbocycles. The molecule has 1 heterocycles. The van der Waals surface area contributed by atoms with Crippen molar-refractivity contribution in [1.29, 1.82) is 0 Å². The fourth-order valence-electron chi connectivity index (χ4n) is 2.83. The lowest BCUT2D eigenvalue weighted by molar-refractivity contribution is 0.0996. The summed E-state index contributed by atoms with van der Waals surface area (Å²) in [5.74, 6) is 6.28. The molecule has 0 radical (unpaired) electrons. The molecule has 20 heavy (non-hydrogen) atoms. The number of nitrogens with two attached hydrogens (primary N) is 1. The van der Waals surface area contributed by atoms with Crippen LogP contribution in [0.25, 0.3) is 0 Å². The maximum Gasteiger partial charge on any atom is 0.0576 e. The minimum absolute atomic E-state index is 0.337. The fourth-order valence-corrected chi connectivity index (χ4v) is 2.83. The molecule has 0 saturated carbocycles. The van der Waals surface area contributed by atoms with Crippen LogP contribution in [0.1, 0.15) is 56.6 Å². The largest absolute Gasteiger partial charge is 0.378 e. The Bertz CT molecular complexity index is 382. The van der Waals surface area contributed by atoms with Gasteiger partial charge in [0.05, 0.1) is 6.10 Å². The van der Waals surface area contributed by atoms with E-state index in [9.17, 15) is 0 Å². The highest BCUT2D eigenvalue weighted by Crippen LogP contribution is 2.19. The molecule has 2 atom stereocenters. The molecular formula is C17H28N2O. The second kappa shape index (κ2) is 7.77. The smallest absolute Gasteiger partial charge is 0.0576 e. The Hall–Kier alpha value is -0.900. The highest BCUT2D eigenvalue weighted by molar-refractivity contribution is 5.25. The van der Waals surface area contributed by atoms with Crippen molar-refractivity contribution in [3.8, 4) is 0 Å². The molecule has 112 valence electrons. The third kappa shape index (κ3) is 4.58. The minimum Gasteiger partial charge on any atom is -0.378 e. The van der Waals surface area contributed by atoms with E-state index >= 15 is 0 Å². The van der Waals surface area contributed by atoms with Gasteiger partial charge in [-0.2, -0.15) is 0 Å². The number of hydrogen-bond acceptors (Lipinski definition) is 3. The zero-order chi connectivity index (χ0) is 14.4. The summed E-state index contributed by atoms with van der Waals surface area (Å²) in [5.41, 5.74) is 5.70. The van der Waals surface area contributed by atoms with Gasteiger partial charge in [-0.1, -0.05) is 38.1 Å². The summed E-state index contributed by atoms with van der Waals surface area (Å²) >= 11 is 0. The van der Waals surface area contributed by atoms with Crippen LogP contribution in [0.5, 0.6) is 0 Å². The van der Waals surface area contributed by atoms with Crippen LogP contribution in [0.4, 0.5) is 0 Å². The lowest BCUT2D eigenvalue weighted by Gasteiger charge is -2.18. The zero-order valence-corrected chi connectivity index (χ0v) is 12.8. The lowest BCUT2D eigenvalue weighted by Crippen LogP contribution is -2.37. The molecule has 0 aromatic heterocycles. The molecule has 3 nitrogen and oxygen atoms in total. The van der Waals surface area contributed by atoms with Gasteiger partial charge >= 0.3 is 0 Å². The van der Waals surface area contributed by atoms with E-state index in [1.54, 1.807) is 0 Å². The van der Waals surface area contributed by atoms with E-state index in [1.807, 2.05) is 0 Å². The molecule has 1 saturated heterocycles. The van der Waals surface area contributed by atoms with Gasteiger partial charge in [0.15, 0.2) is 0 Å². The van der Waals surface area contributed by atoms with Gasteiger partial charge in [-0.05, 0) is 49.1 Å². The van der Waals surface area contributed by atoms with Crippen LogP contribution in [0.2, 0.25) is 0 Å². The van der Waals surface area contributed by atoms with Crippen molar-refractivity contribution in [2.45, 2.75) is 64.0 Å². The average Bonchev–Trinajstić information content (AvgIpc) is 2.97. The summed E-state index contributed by atoms with van der Waals surface area (Å²) in [6.07, 6.45) is 6.05. The summed E-state index contributed by atoms with van der Waals surface area (Å²) in [6, 6.07) is 9.25. The van der Waals surface area contributed by atoms with Gasteiger partial charge in [-0.3, -0.25) is 11.3 Å². The van der Waals surface area contributed by atoms with Crippen LogP contribution < -0.4 is 11.3 Å². The van der Waals surface area contributed by atoms with E-state index in [0.717, 1.165) is 25.9 Å². The Morgan fingerprint density at radius 1 is 1.30 bits per heavy atom. The Morgan fingerprint density at radius 3 is 2.60 bits per heavy atom. The highest BCUT2D eigenvalue weighted by Gasteiger charge is 2.17. The third-order valence-electron chi connectivity index (χ3n) is 4.23. The van der Waals surface area contributed by atoms with Gasteiger partial charge in [0.2, 0.25) is 0 Å². The average molecular weight is 276 g/mol. The van der Waals surface area contributed by atoms with Crippen molar-refractivity contribution in [3.05, 3.63) is 35.4 Å². The molecule has 1 aliphatic heterocycles. The number of hydrogen-bond donors (Lipinski definition) is 2. The molecule has 0 amide bonds. The van der Waals surface area contributed by atoms with Crippen molar-refractivity contribution in [1.82, 2.24) is 5.43 Å². The van der Waals surface area contributed by atoms with Crippen molar-refractivity contribution in [2.24, 2.45) is 5.84 Å². The van der Waals surface area contributed by atoms with Gasteiger partial charge in [-0.15, -0.1) is 0 Å². The van der Waals surface area contributed by atoms with Crippen LogP contribution in [0, 0.1) is 0 Å². The molecule has 2 unspecified atom stereocenters. The van der Waals surface area contributed by atoms with Gasteiger partial charge in [0, 0.05) is 12.6 Å². The van der Waals surface area contributed by atoms with E-state index in [0.29, 0.717) is 18.1 Å². The van der Waals surface area contributed by atoms with Gasteiger partial charge in [0.25, 0.3) is 0 Å². The molecule has 1 aromatic carbocycles. The molecule has 3 N–H and O–H groups in total. The molecule has 1 fully saturated rings. The van der Waals surface area contributed by atoms with Gasteiger partial charge in [-0.25, -0.2) is 0 Å².